The van der Waals surface area contributed by atoms with E-state index in [4.69, 9.17) is 24.5 Å². The molecule has 0 radical (unpaired) electrons. The summed E-state index contributed by atoms with van der Waals surface area (Å²) in [6.45, 7) is 6.22. The Morgan fingerprint density at radius 3 is 1.79 bits per heavy atom. The fourth-order valence-corrected chi connectivity index (χ4v) is 0.743. The summed E-state index contributed by atoms with van der Waals surface area (Å²) in [5, 5.41) is 17.9. The van der Waals surface area contributed by atoms with Gasteiger partial charge in [-0.25, -0.2) is 9.59 Å². The van der Waals surface area contributed by atoms with Gasteiger partial charge in [-0.1, -0.05) is 0 Å². The molecule has 1 heterocycles. The third-order valence-electron chi connectivity index (χ3n) is 1.39. The molecule has 1 aliphatic heterocycles. The number of carboxylic acids is 2. The van der Waals surface area contributed by atoms with E-state index in [1.807, 2.05) is 0 Å². The third-order valence-corrected chi connectivity index (χ3v) is 1.39. The Bertz CT molecular complexity index is 188. The Balaban J connectivity index is 0.000000255. The van der Waals surface area contributed by atoms with Crippen LogP contribution in [0.15, 0.2) is 0 Å². The first-order chi connectivity index (χ1) is 6.43. The quantitative estimate of drug-likeness (QED) is 0.528. The van der Waals surface area contributed by atoms with Crippen LogP contribution in [0.25, 0.3) is 0 Å². The highest BCUT2D eigenvalue weighted by atomic mass is 16.5. The zero-order chi connectivity index (χ0) is 11.1. The molecule has 1 aliphatic rings. The van der Waals surface area contributed by atoms with Gasteiger partial charge in [0.15, 0.2) is 0 Å². The molecule has 3 N–H and O–H groups in total. The fourth-order valence-electron chi connectivity index (χ4n) is 0.743. The summed E-state index contributed by atoms with van der Waals surface area (Å²) in [5.74, 6) is -3.65. The highest BCUT2D eigenvalue weighted by Crippen LogP contribution is 2.01. The first-order valence-electron chi connectivity index (χ1n) is 4.26. The van der Waals surface area contributed by atoms with E-state index in [9.17, 15) is 0 Å². The van der Waals surface area contributed by atoms with Crippen LogP contribution in [0.3, 0.4) is 0 Å². The van der Waals surface area contributed by atoms with E-state index in [-0.39, 0.29) is 0 Å². The lowest BCUT2D eigenvalue weighted by atomic mass is 10.2. The molecule has 0 unspecified atom stereocenters. The molecular formula is C8H15NO5. The topological polar surface area (TPSA) is 95.9 Å². The van der Waals surface area contributed by atoms with Crippen molar-refractivity contribution in [3.05, 3.63) is 0 Å². The van der Waals surface area contributed by atoms with Gasteiger partial charge < -0.3 is 20.3 Å². The zero-order valence-corrected chi connectivity index (χ0v) is 8.19. The van der Waals surface area contributed by atoms with Gasteiger partial charge in [-0.05, 0) is 13.8 Å². The number of rotatable bonds is 2. The van der Waals surface area contributed by atoms with Gasteiger partial charge in [0.1, 0.15) is 0 Å². The Morgan fingerprint density at radius 2 is 1.71 bits per heavy atom. The van der Waals surface area contributed by atoms with Crippen molar-refractivity contribution < 1.29 is 24.5 Å². The van der Waals surface area contributed by atoms with E-state index in [0.29, 0.717) is 12.2 Å². The van der Waals surface area contributed by atoms with Crippen molar-refractivity contribution in [2.75, 3.05) is 13.1 Å². The van der Waals surface area contributed by atoms with E-state index >= 15 is 0 Å². The number of carboxylic acid groups (broad SMARTS) is 2. The van der Waals surface area contributed by atoms with Crippen molar-refractivity contribution in [2.24, 2.45) is 0 Å². The van der Waals surface area contributed by atoms with Crippen LogP contribution in [0, 0.1) is 0 Å². The lowest BCUT2D eigenvalue weighted by Crippen LogP contribution is -2.49. The molecule has 82 valence electrons. The highest BCUT2D eigenvalue weighted by molar-refractivity contribution is 6.27. The van der Waals surface area contributed by atoms with E-state index in [1.165, 1.54) is 0 Å². The number of ether oxygens (including phenoxy) is 1. The second-order valence-corrected chi connectivity index (χ2v) is 3.08. The van der Waals surface area contributed by atoms with Gasteiger partial charge in [0.05, 0.1) is 12.2 Å². The second-order valence-electron chi connectivity index (χ2n) is 3.08. The van der Waals surface area contributed by atoms with Crippen LogP contribution < -0.4 is 5.32 Å². The van der Waals surface area contributed by atoms with E-state index in [2.05, 4.69) is 19.2 Å². The SMILES string of the molecule is CC(C)OC1CNC1.O=C(O)C(=O)O. The highest BCUT2D eigenvalue weighted by Gasteiger charge is 2.17. The lowest BCUT2D eigenvalue weighted by Gasteiger charge is -2.28. The van der Waals surface area contributed by atoms with Crippen molar-refractivity contribution in [1.29, 1.82) is 0 Å². The molecule has 1 saturated heterocycles. The van der Waals surface area contributed by atoms with Gasteiger partial charge in [0.25, 0.3) is 0 Å². The molecule has 0 saturated carbocycles. The Morgan fingerprint density at radius 1 is 1.29 bits per heavy atom. The van der Waals surface area contributed by atoms with Crippen molar-refractivity contribution in [1.82, 2.24) is 5.32 Å². The molecule has 1 rings (SSSR count). The summed E-state index contributed by atoms with van der Waals surface area (Å²) in [6.07, 6.45) is 0.886. The monoisotopic (exact) mass is 205 g/mol. The second kappa shape index (κ2) is 6.33. The van der Waals surface area contributed by atoms with Gasteiger partial charge in [-0.15, -0.1) is 0 Å². The molecule has 0 bridgehead atoms. The number of hydrogen-bond acceptors (Lipinski definition) is 4. The molecule has 0 spiro atoms. The van der Waals surface area contributed by atoms with Crippen LogP contribution in [0.4, 0.5) is 0 Å². The van der Waals surface area contributed by atoms with E-state index < -0.39 is 11.9 Å². The van der Waals surface area contributed by atoms with Gasteiger partial charge >= 0.3 is 11.9 Å². The first-order valence-corrected chi connectivity index (χ1v) is 4.26. The van der Waals surface area contributed by atoms with Crippen LogP contribution in [0.2, 0.25) is 0 Å². The average Bonchev–Trinajstić information content (AvgIpc) is 1.98. The van der Waals surface area contributed by atoms with E-state index in [1.54, 1.807) is 0 Å². The van der Waals surface area contributed by atoms with Crippen molar-refractivity contribution in [3.63, 3.8) is 0 Å². The normalized spacial score (nSPS) is 15.4. The minimum Gasteiger partial charge on any atom is -0.473 e. The van der Waals surface area contributed by atoms with Crippen LogP contribution in [0.1, 0.15) is 13.8 Å². The summed E-state index contributed by atoms with van der Waals surface area (Å²) in [7, 11) is 0. The van der Waals surface area contributed by atoms with E-state index in [0.717, 1.165) is 13.1 Å². The largest absolute Gasteiger partial charge is 0.473 e. The number of hydrogen-bond donors (Lipinski definition) is 3. The van der Waals surface area contributed by atoms with Gasteiger partial charge in [-0.2, -0.15) is 0 Å². The maximum absolute atomic E-state index is 9.10. The molecule has 0 atom stereocenters. The number of aliphatic carboxylic acids is 2. The standard InChI is InChI=1S/C6H13NO.C2H2O4/c1-5(2)8-6-3-7-4-6;3-1(4)2(5)6/h5-7H,3-4H2,1-2H3;(H,3,4)(H,5,6). The predicted octanol–water partition coefficient (Wildman–Crippen LogP) is -0.461. The van der Waals surface area contributed by atoms with Gasteiger partial charge in [0, 0.05) is 13.1 Å². The molecule has 0 aromatic carbocycles. The molecule has 14 heavy (non-hydrogen) atoms. The van der Waals surface area contributed by atoms with Crippen LogP contribution in [0.5, 0.6) is 0 Å². The van der Waals surface area contributed by atoms with Crippen LogP contribution in [-0.2, 0) is 14.3 Å². The minimum atomic E-state index is -1.82. The number of nitrogens with one attached hydrogen (secondary N) is 1. The van der Waals surface area contributed by atoms with Crippen LogP contribution >= 0.6 is 0 Å². The average molecular weight is 205 g/mol. The molecular weight excluding hydrogens is 190 g/mol. The minimum absolute atomic E-state index is 0.391. The Hall–Kier alpha value is -1.14. The Kier molecular flexibility index (Phi) is 5.82. The summed E-state index contributed by atoms with van der Waals surface area (Å²) in [6, 6.07) is 0. The lowest BCUT2D eigenvalue weighted by molar-refractivity contribution is -0.159. The Labute approximate surface area is 81.9 Å². The number of carbonyl (C=O) groups is 2. The maximum Gasteiger partial charge on any atom is 0.414 e. The predicted molar refractivity (Wildman–Crippen MR) is 48.2 cm³/mol. The van der Waals surface area contributed by atoms with Crippen molar-refractivity contribution in [3.8, 4) is 0 Å². The summed E-state index contributed by atoms with van der Waals surface area (Å²) < 4.78 is 5.42. The molecule has 6 nitrogen and oxygen atoms in total. The van der Waals surface area contributed by atoms with Crippen LogP contribution in [-0.4, -0.2) is 47.4 Å². The maximum atomic E-state index is 9.10. The van der Waals surface area contributed by atoms with Gasteiger partial charge in [0.2, 0.25) is 0 Å². The molecule has 0 amide bonds. The first kappa shape index (κ1) is 12.9. The molecule has 0 aromatic rings. The molecule has 0 aromatic heterocycles. The molecule has 0 aliphatic carbocycles. The van der Waals surface area contributed by atoms with Gasteiger partial charge in [-0.3, -0.25) is 0 Å². The smallest absolute Gasteiger partial charge is 0.414 e. The summed E-state index contributed by atoms with van der Waals surface area (Å²) >= 11 is 0. The molecule has 1 fully saturated rings. The molecule has 6 heteroatoms. The van der Waals surface area contributed by atoms with Crippen molar-refractivity contribution >= 4 is 11.9 Å². The van der Waals surface area contributed by atoms with Crippen molar-refractivity contribution in [2.45, 2.75) is 26.1 Å². The fraction of sp³-hybridized carbons (Fsp3) is 0.750. The zero-order valence-electron chi connectivity index (χ0n) is 8.19. The summed E-state index contributed by atoms with van der Waals surface area (Å²) in [5.41, 5.74) is 0. The third kappa shape index (κ3) is 6.38. The summed E-state index contributed by atoms with van der Waals surface area (Å²) in [4.78, 5) is 18.2.